The topological polar surface area (TPSA) is 52.7 Å². The minimum Gasteiger partial charge on any atom is -0.336 e. The molecule has 0 saturated carbocycles. The number of carbonyl (C=O) groups is 2. The quantitative estimate of drug-likeness (QED) is 0.809. The van der Waals surface area contributed by atoms with Crippen LogP contribution < -0.4 is 10.2 Å². The molecule has 4 rings (SSSR count). The number of amides is 2. The molecule has 0 aromatic heterocycles. The van der Waals surface area contributed by atoms with Gasteiger partial charge in [-0.3, -0.25) is 9.59 Å². The number of para-hydroxylation sites is 1. The predicted octanol–water partition coefficient (Wildman–Crippen LogP) is 2.80. The summed E-state index contributed by atoms with van der Waals surface area (Å²) in [7, 11) is 0. The molecule has 5 nitrogen and oxygen atoms in total. The fourth-order valence-corrected chi connectivity index (χ4v) is 4.79. The highest BCUT2D eigenvalue weighted by Gasteiger charge is 2.26. The zero-order valence-corrected chi connectivity index (χ0v) is 16.9. The van der Waals surface area contributed by atoms with Crippen molar-refractivity contribution in [3.63, 3.8) is 0 Å². The van der Waals surface area contributed by atoms with Crippen molar-refractivity contribution in [3.8, 4) is 0 Å². The summed E-state index contributed by atoms with van der Waals surface area (Å²) in [5.74, 6) is 0.472. The van der Waals surface area contributed by atoms with Crippen molar-refractivity contribution in [1.82, 2.24) is 10.2 Å². The second kappa shape index (κ2) is 8.37. The lowest BCUT2D eigenvalue weighted by atomic mass is 10.1. The Morgan fingerprint density at radius 1 is 1.11 bits per heavy atom. The highest BCUT2D eigenvalue weighted by Crippen LogP contribution is 2.30. The first-order valence-electron chi connectivity index (χ1n) is 9.76. The Morgan fingerprint density at radius 2 is 1.89 bits per heavy atom. The molecule has 146 valence electrons. The number of carbonyl (C=O) groups excluding carboxylic acids is 2. The van der Waals surface area contributed by atoms with Gasteiger partial charge in [0, 0.05) is 42.8 Å². The second-order valence-electron chi connectivity index (χ2n) is 7.32. The number of nitrogens with zero attached hydrogens (tertiary/aromatic N) is 2. The van der Waals surface area contributed by atoms with Crippen LogP contribution in [0.3, 0.4) is 0 Å². The third kappa shape index (κ3) is 3.93. The minimum absolute atomic E-state index is 0.0513. The van der Waals surface area contributed by atoms with Crippen molar-refractivity contribution in [2.75, 3.05) is 36.8 Å². The Morgan fingerprint density at radius 3 is 2.75 bits per heavy atom. The van der Waals surface area contributed by atoms with Crippen molar-refractivity contribution >= 4 is 29.3 Å². The summed E-state index contributed by atoms with van der Waals surface area (Å²) >= 11 is 1.46. The summed E-state index contributed by atoms with van der Waals surface area (Å²) in [4.78, 5) is 30.5. The van der Waals surface area contributed by atoms with Crippen LogP contribution in [0.1, 0.15) is 22.8 Å². The van der Waals surface area contributed by atoms with E-state index in [1.54, 1.807) is 0 Å². The molecular weight excluding hydrogens is 370 g/mol. The van der Waals surface area contributed by atoms with Gasteiger partial charge < -0.3 is 15.1 Å². The summed E-state index contributed by atoms with van der Waals surface area (Å²) in [5, 5.41) is 3.36. The number of piperazine rings is 1. The summed E-state index contributed by atoms with van der Waals surface area (Å²) in [6, 6.07) is 16.0. The van der Waals surface area contributed by atoms with Gasteiger partial charge in [-0.25, -0.2) is 0 Å². The smallest absolute Gasteiger partial charge is 0.255 e. The number of hydrogen-bond donors (Lipinski definition) is 1. The maximum absolute atomic E-state index is 13.0. The molecule has 0 radical (unpaired) electrons. The molecule has 2 aromatic rings. The van der Waals surface area contributed by atoms with Gasteiger partial charge in [-0.1, -0.05) is 30.3 Å². The van der Waals surface area contributed by atoms with E-state index in [0.29, 0.717) is 30.4 Å². The van der Waals surface area contributed by atoms with Gasteiger partial charge in [-0.2, -0.15) is 0 Å². The van der Waals surface area contributed by atoms with Crippen LogP contribution >= 0.6 is 11.8 Å². The molecule has 28 heavy (non-hydrogen) atoms. The Balaban J connectivity index is 1.44. The molecule has 0 spiro atoms. The monoisotopic (exact) mass is 395 g/mol. The van der Waals surface area contributed by atoms with Gasteiger partial charge in [-0.15, -0.1) is 11.8 Å². The van der Waals surface area contributed by atoms with Gasteiger partial charge in [0.05, 0.1) is 11.3 Å². The first kappa shape index (κ1) is 19.0. The molecule has 1 unspecified atom stereocenters. The summed E-state index contributed by atoms with van der Waals surface area (Å²) in [5.41, 5.74) is 2.94. The Bertz CT molecular complexity index is 886. The zero-order valence-electron chi connectivity index (χ0n) is 16.1. The van der Waals surface area contributed by atoms with Crippen molar-refractivity contribution in [3.05, 3.63) is 59.7 Å². The Labute approximate surface area is 170 Å². The number of benzene rings is 2. The van der Waals surface area contributed by atoms with E-state index in [1.165, 1.54) is 17.3 Å². The van der Waals surface area contributed by atoms with E-state index in [9.17, 15) is 9.59 Å². The highest BCUT2D eigenvalue weighted by molar-refractivity contribution is 8.00. The van der Waals surface area contributed by atoms with Gasteiger partial charge in [0.1, 0.15) is 0 Å². The van der Waals surface area contributed by atoms with Crippen LogP contribution in [0.2, 0.25) is 0 Å². The van der Waals surface area contributed by atoms with Gasteiger partial charge in [0.2, 0.25) is 5.91 Å². The third-order valence-electron chi connectivity index (χ3n) is 5.31. The van der Waals surface area contributed by atoms with Crippen molar-refractivity contribution in [2.24, 2.45) is 0 Å². The average Bonchev–Trinajstić information content (AvgIpc) is 3.16. The maximum atomic E-state index is 13.0. The number of fused-ring (bicyclic) bond motifs is 1. The normalized spacial score (nSPS) is 18.8. The number of hydrogen-bond acceptors (Lipinski definition) is 4. The van der Waals surface area contributed by atoms with Gasteiger partial charge in [0.25, 0.3) is 5.91 Å². The number of nitrogens with one attached hydrogen (secondary N) is 1. The first-order valence-corrected chi connectivity index (χ1v) is 10.7. The van der Waals surface area contributed by atoms with Crippen LogP contribution in [-0.2, 0) is 11.2 Å². The molecule has 6 heteroatoms. The minimum atomic E-state index is 0.0513. The van der Waals surface area contributed by atoms with Crippen LogP contribution in [0.25, 0.3) is 0 Å². The molecule has 2 aromatic carbocycles. The van der Waals surface area contributed by atoms with Crippen LogP contribution in [0.4, 0.5) is 5.69 Å². The molecule has 1 N–H and O–H groups in total. The lowest BCUT2D eigenvalue weighted by Crippen LogP contribution is -2.51. The van der Waals surface area contributed by atoms with E-state index in [2.05, 4.69) is 18.3 Å². The van der Waals surface area contributed by atoms with Gasteiger partial charge in [-0.05, 0) is 37.1 Å². The molecule has 2 heterocycles. The van der Waals surface area contributed by atoms with E-state index in [1.807, 2.05) is 52.3 Å². The zero-order chi connectivity index (χ0) is 19.5. The Kier molecular flexibility index (Phi) is 5.69. The van der Waals surface area contributed by atoms with E-state index in [0.717, 1.165) is 30.1 Å². The fraction of sp³-hybridized carbons (Fsp3) is 0.364. The number of thioether (sulfide) groups is 1. The van der Waals surface area contributed by atoms with Gasteiger partial charge in [0.15, 0.2) is 0 Å². The molecule has 1 fully saturated rings. The van der Waals surface area contributed by atoms with Crippen LogP contribution in [0.5, 0.6) is 0 Å². The first-order chi connectivity index (χ1) is 13.6. The largest absolute Gasteiger partial charge is 0.336 e. The molecule has 2 aliphatic rings. The predicted molar refractivity (Wildman–Crippen MR) is 113 cm³/mol. The lowest BCUT2D eigenvalue weighted by molar-refractivity contribution is -0.116. The third-order valence-corrected chi connectivity index (χ3v) is 6.37. The van der Waals surface area contributed by atoms with Crippen molar-refractivity contribution in [2.45, 2.75) is 24.3 Å². The summed E-state index contributed by atoms with van der Waals surface area (Å²) < 4.78 is 0. The summed E-state index contributed by atoms with van der Waals surface area (Å²) in [6.45, 7) is 5.06. The van der Waals surface area contributed by atoms with E-state index < -0.39 is 0 Å². The number of anilines is 1. The molecular formula is C22H25N3O2S. The van der Waals surface area contributed by atoms with Crippen molar-refractivity contribution < 1.29 is 9.59 Å². The molecule has 1 saturated heterocycles. The standard InChI is InChI=1S/C22H25N3O2S/c1-16-14-24(13-11-23-16)22(27)18-7-3-5-9-20(18)28-15-21(26)25-12-10-17-6-2-4-8-19(17)25/h2-9,16,23H,10-15H2,1H3. The van der Waals surface area contributed by atoms with E-state index in [-0.39, 0.29) is 11.8 Å². The van der Waals surface area contributed by atoms with Gasteiger partial charge >= 0.3 is 0 Å². The fourth-order valence-electron chi connectivity index (χ4n) is 3.87. The van der Waals surface area contributed by atoms with E-state index in [4.69, 9.17) is 0 Å². The SMILES string of the molecule is CC1CN(C(=O)c2ccccc2SCC(=O)N2CCc3ccccc32)CCN1. The molecule has 0 aliphatic carbocycles. The van der Waals surface area contributed by atoms with Crippen LogP contribution in [0, 0.1) is 0 Å². The molecule has 2 amide bonds. The van der Waals surface area contributed by atoms with Crippen LogP contribution in [0.15, 0.2) is 53.4 Å². The second-order valence-corrected chi connectivity index (χ2v) is 8.33. The Hall–Kier alpha value is -2.31. The average molecular weight is 396 g/mol. The lowest BCUT2D eigenvalue weighted by Gasteiger charge is -2.32. The van der Waals surface area contributed by atoms with E-state index >= 15 is 0 Å². The summed E-state index contributed by atoms with van der Waals surface area (Å²) in [6.07, 6.45) is 0.906. The number of rotatable bonds is 4. The van der Waals surface area contributed by atoms with Crippen molar-refractivity contribution in [1.29, 1.82) is 0 Å². The molecule has 2 aliphatic heterocycles. The molecule has 0 bridgehead atoms. The maximum Gasteiger partial charge on any atom is 0.255 e. The molecule has 1 atom stereocenters. The van der Waals surface area contributed by atoms with Crippen LogP contribution in [-0.4, -0.2) is 54.7 Å². The highest BCUT2D eigenvalue weighted by atomic mass is 32.2.